The Bertz CT molecular complexity index is 388. The zero-order valence-electron chi connectivity index (χ0n) is 10.1. The van der Waals surface area contributed by atoms with Gasteiger partial charge in [-0.25, -0.2) is 0 Å². The summed E-state index contributed by atoms with van der Waals surface area (Å²) in [6, 6.07) is 9.41. The highest BCUT2D eigenvalue weighted by atomic mass is 16.5. The molecule has 0 aromatic heterocycles. The number of para-hydroxylation sites is 1. The average Bonchev–Trinajstić information content (AvgIpc) is 2.39. The smallest absolute Gasteiger partial charge is 0.0670 e. The van der Waals surface area contributed by atoms with E-state index in [9.17, 15) is 0 Å². The molecule has 17 heavy (non-hydrogen) atoms. The van der Waals surface area contributed by atoms with Crippen molar-refractivity contribution in [1.82, 2.24) is 0 Å². The van der Waals surface area contributed by atoms with Crippen LogP contribution in [0.5, 0.6) is 0 Å². The molecule has 1 fully saturated rings. The minimum Gasteiger partial charge on any atom is -0.379 e. The summed E-state index contributed by atoms with van der Waals surface area (Å²) >= 11 is 0. The standard InChI is InChI=1S/C14H20N2O/c15-12-8-11-4-1-2-6-14(11)16(9-12)13-5-3-7-17-10-13/h1-2,4,6,12-13H,3,5,7-10,15H2. The molecule has 2 heterocycles. The van der Waals surface area contributed by atoms with Gasteiger partial charge in [0.2, 0.25) is 0 Å². The highest BCUT2D eigenvalue weighted by Gasteiger charge is 2.28. The molecular weight excluding hydrogens is 212 g/mol. The maximum absolute atomic E-state index is 6.16. The molecule has 1 saturated heterocycles. The predicted molar refractivity (Wildman–Crippen MR) is 69.3 cm³/mol. The number of nitrogens with two attached hydrogens (primary N) is 1. The Morgan fingerprint density at radius 2 is 2.18 bits per heavy atom. The van der Waals surface area contributed by atoms with Crippen LogP contribution < -0.4 is 10.6 Å². The van der Waals surface area contributed by atoms with Crippen molar-refractivity contribution in [2.24, 2.45) is 5.73 Å². The average molecular weight is 232 g/mol. The second-order valence-corrected chi connectivity index (χ2v) is 5.12. The van der Waals surface area contributed by atoms with Crippen molar-refractivity contribution in [1.29, 1.82) is 0 Å². The minimum absolute atomic E-state index is 0.256. The lowest BCUT2D eigenvalue weighted by Crippen LogP contribution is -2.50. The van der Waals surface area contributed by atoms with Gasteiger partial charge in [-0.1, -0.05) is 18.2 Å². The highest BCUT2D eigenvalue weighted by Crippen LogP contribution is 2.30. The van der Waals surface area contributed by atoms with Gasteiger partial charge in [0.1, 0.15) is 0 Å². The SMILES string of the molecule is NC1Cc2ccccc2N(C2CCCOC2)C1. The van der Waals surface area contributed by atoms with Crippen LogP contribution >= 0.6 is 0 Å². The van der Waals surface area contributed by atoms with Crippen molar-refractivity contribution < 1.29 is 4.74 Å². The molecule has 2 N–H and O–H groups in total. The van der Waals surface area contributed by atoms with E-state index >= 15 is 0 Å². The van der Waals surface area contributed by atoms with Gasteiger partial charge in [-0.05, 0) is 30.9 Å². The lowest BCUT2D eigenvalue weighted by atomic mass is 9.95. The summed E-state index contributed by atoms with van der Waals surface area (Å²) in [5.74, 6) is 0. The van der Waals surface area contributed by atoms with Gasteiger partial charge in [-0.3, -0.25) is 0 Å². The van der Waals surface area contributed by atoms with E-state index in [1.165, 1.54) is 24.1 Å². The molecule has 2 unspecified atom stereocenters. The molecule has 0 bridgehead atoms. The maximum atomic E-state index is 6.16. The van der Waals surface area contributed by atoms with Crippen LogP contribution in [0.2, 0.25) is 0 Å². The van der Waals surface area contributed by atoms with E-state index in [2.05, 4.69) is 29.2 Å². The highest BCUT2D eigenvalue weighted by molar-refractivity contribution is 5.57. The third-order valence-corrected chi connectivity index (χ3v) is 3.79. The number of hydrogen-bond donors (Lipinski definition) is 1. The van der Waals surface area contributed by atoms with E-state index in [0.717, 1.165) is 26.2 Å². The molecule has 0 amide bonds. The van der Waals surface area contributed by atoms with Crippen LogP contribution in [0.3, 0.4) is 0 Å². The third kappa shape index (κ3) is 2.17. The van der Waals surface area contributed by atoms with Crippen molar-refractivity contribution >= 4 is 5.69 Å². The summed E-state index contributed by atoms with van der Waals surface area (Å²) < 4.78 is 5.60. The van der Waals surface area contributed by atoms with Crippen LogP contribution in [0.4, 0.5) is 5.69 Å². The zero-order valence-corrected chi connectivity index (χ0v) is 10.1. The molecular formula is C14H20N2O. The zero-order chi connectivity index (χ0) is 11.7. The Morgan fingerprint density at radius 1 is 1.29 bits per heavy atom. The number of rotatable bonds is 1. The Labute approximate surface area is 103 Å². The van der Waals surface area contributed by atoms with Crippen LogP contribution in [0.25, 0.3) is 0 Å². The number of nitrogens with zero attached hydrogens (tertiary/aromatic N) is 1. The lowest BCUT2D eigenvalue weighted by Gasteiger charge is -2.41. The fourth-order valence-electron chi connectivity index (χ4n) is 2.98. The van der Waals surface area contributed by atoms with Crippen LogP contribution in [-0.4, -0.2) is 31.8 Å². The quantitative estimate of drug-likeness (QED) is 0.798. The van der Waals surface area contributed by atoms with E-state index in [-0.39, 0.29) is 6.04 Å². The number of hydrogen-bond acceptors (Lipinski definition) is 3. The van der Waals surface area contributed by atoms with Crippen LogP contribution in [0.15, 0.2) is 24.3 Å². The largest absolute Gasteiger partial charge is 0.379 e. The van der Waals surface area contributed by atoms with Crippen LogP contribution in [-0.2, 0) is 11.2 Å². The van der Waals surface area contributed by atoms with Gasteiger partial charge in [-0.15, -0.1) is 0 Å². The number of ether oxygens (including phenoxy) is 1. The van der Waals surface area contributed by atoms with Crippen molar-refractivity contribution in [2.75, 3.05) is 24.7 Å². The monoisotopic (exact) mass is 232 g/mol. The first-order valence-electron chi connectivity index (χ1n) is 6.52. The summed E-state index contributed by atoms with van der Waals surface area (Å²) in [5.41, 5.74) is 8.92. The van der Waals surface area contributed by atoms with Gasteiger partial charge in [0.15, 0.2) is 0 Å². The summed E-state index contributed by atoms with van der Waals surface area (Å²) in [6.45, 7) is 2.73. The molecule has 2 aliphatic heterocycles. The third-order valence-electron chi connectivity index (χ3n) is 3.79. The second-order valence-electron chi connectivity index (χ2n) is 5.12. The maximum Gasteiger partial charge on any atom is 0.0670 e. The van der Waals surface area contributed by atoms with Crippen LogP contribution in [0, 0.1) is 0 Å². The van der Waals surface area contributed by atoms with E-state index in [0.29, 0.717) is 6.04 Å². The minimum atomic E-state index is 0.256. The summed E-state index contributed by atoms with van der Waals surface area (Å²) in [7, 11) is 0. The molecule has 0 aliphatic carbocycles. The van der Waals surface area contributed by atoms with Crippen molar-refractivity contribution in [2.45, 2.75) is 31.3 Å². The van der Waals surface area contributed by atoms with Gasteiger partial charge in [0.25, 0.3) is 0 Å². The summed E-state index contributed by atoms with van der Waals surface area (Å²) in [5, 5.41) is 0. The molecule has 2 atom stereocenters. The molecule has 1 aromatic rings. The number of benzene rings is 1. The summed E-state index contributed by atoms with van der Waals surface area (Å²) in [4.78, 5) is 2.46. The van der Waals surface area contributed by atoms with Gasteiger partial charge in [0.05, 0.1) is 12.6 Å². The van der Waals surface area contributed by atoms with E-state index in [4.69, 9.17) is 10.5 Å². The van der Waals surface area contributed by atoms with Crippen LogP contribution in [0.1, 0.15) is 18.4 Å². The molecule has 0 saturated carbocycles. The number of anilines is 1. The van der Waals surface area contributed by atoms with Gasteiger partial charge in [-0.2, -0.15) is 0 Å². The van der Waals surface area contributed by atoms with E-state index < -0.39 is 0 Å². The molecule has 0 spiro atoms. The Hall–Kier alpha value is -1.06. The molecule has 3 nitrogen and oxygen atoms in total. The lowest BCUT2D eigenvalue weighted by molar-refractivity contribution is 0.0785. The summed E-state index contributed by atoms with van der Waals surface area (Å²) in [6.07, 6.45) is 3.39. The molecule has 0 radical (unpaired) electrons. The van der Waals surface area contributed by atoms with Gasteiger partial charge in [0, 0.05) is 24.9 Å². The molecule has 3 heteroatoms. The molecule has 92 valence electrons. The first-order valence-corrected chi connectivity index (χ1v) is 6.52. The van der Waals surface area contributed by atoms with Crippen molar-refractivity contribution in [3.8, 4) is 0 Å². The second kappa shape index (κ2) is 4.67. The Morgan fingerprint density at radius 3 is 3.00 bits per heavy atom. The van der Waals surface area contributed by atoms with Crippen molar-refractivity contribution in [3.63, 3.8) is 0 Å². The van der Waals surface area contributed by atoms with E-state index in [1.54, 1.807) is 0 Å². The normalized spacial score (nSPS) is 28.9. The molecule has 3 rings (SSSR count). The van der Waals surface area contributed by atoms with Gasteiger partial charge < -0.3 is 15.4 Å². The topological polar surface area (TPSA) is 38.5 Å². The Balaban J connectivity index is 1.88. The molecule has 1 aromatic carbocycles. The Kier molecular flexibility index (Phi) is 3.04. The first kappa shape index (κ1) is 11.1. The predicted octanol–water partition coefficient (Wildman–Crippen LogP) is 1.56. The van der Waals surface area contributed by atoms with Gasteiger partial charge >= 0.3 is 0 Å². The first-order chi connectivity index (χ1) is 8.34. The molecule has 2 aliphatic rings. The van der Waals surface area contributed by atoms with E-state index in [1.807, 2.05) is 0 Å². The number of fused-ring (bicyclic) bond motifs is 1. The fourth-order valence-corrected chi connectivity index (χ4v) is 2.98. The fraction of sp³-hybridized carbons (Fsp3) is 0.571. The van der Waals surface area contributed by atoms with Crippen molar-refractivity contribution in [3.05, 3.63) is 29.8 Å².